The number of benzene rings is 1. The minimum Gasteiger partial charge on any atom is -0.478 e. The van der Waals surface area contributed by atoms with Crippen molar-refractivity contribution in [3.8, 4) is 0 Å². The van der Waals surface area contributed by atoms with Crippen molar-refractivity contribution >= 4 is 17.6 Å². The molecule has 0 bridgehead atoms. The lowest BCUT2D eigenvalue weighted by atomic mass is 10.2. The normalized spacial score (nSPS) is 10.0. The van der Waals surface area contributed by atoms with Gasteiger partial charge in [0.15, 0.2) is 0 Å². The molecule has 7 nitrogen and oxygen atoms in total. The Morgan fingerprint density at radius 1 is 1.28 bits per heavy atom. The van der Waals surface area contributed by atoms with Crippen LogP contribution in [-0.2, 0) is 0 Å². The van der Waals surface area contributed by atoms with Gasteiger partial charge in [-0.2, -0.15) is 0 Å². The fourth-order valence-corrected chi connectivity index (χ4v) is 1.38. The van der Waals surface area contributed by atoms with E-state index in [2.05, 4.69) is 15.3 Å². The maximum Gasteiger partial charge on any atom is 0.335 e. The number of imidazole rings is 1. The summed E-state index contributed by atoms with van der Waals surface area (Å²) in [6, 6.07) is 5.80. The van der Waals surface area contributed by atoms with Gasteiger partial charge in [-0.3, -0.25) is 4.79 Å². The highest BCUT2D eigenvalue weighted by molar-refractivity contribution is 6.03. The van der Waals surface area contributed by atoms with Gasteiger partial charge in [0, 0.05) is 11.9 Å². The van der Waals surface area contributed by atoms with Crippen molar-refractivity contribution in [3.63, 3.8) is 0 Å². The van der Waals surface area contributed by atoms with Gasteiger partial charge in [0.25, 0.3) is 5.91 Å². The maximum absolute atomic E-state index is 11.7. The summed E-state index contributed by atoms with van der Waals surface area (Å²) < 4.78 is 0. The molecule has 1 aromatic carbocycles. The topological polar surface area (TPSA) is 115 Å². The highest BCUT2D eigenvalue weighted by Crippen LogP contribution is 2.11. The predicted molar refractivity (Wildman–Crippen MR) is 62.8 cm³/mol. The SMILES string of the molecule is O=C(O)c1cccc(NC(=O)c2c[nH]c(=O)[nH]2)c1. The number of aromatic amines is 2. The van der Waals surface area contributed by atoms with Crippen LogP contribution in [0.3, 0.4) is 0 Å². The number of H-pyrrole nitrogens is 2. The van der Waals surface area contributed by atoms with E-state index in [-0.39, 0.29) is 11.3 Å². The first-order valence-electron chi connectivity index (χ1n) is 4.98. The molecule has 0 aliphatic heterocycles. The van der Waals surface area contributed by atoms with Crippen LogP contribution in [0.15, 0.2) is 35.3 Å². The van der Waals surface area contributed by atoms with E-state index >= 15 is 0 Å². The van der Waals surface area contributed by atoms with Crippen LogP contribution in [0.25, 0.3) is 0 Å². The number of amides is 1. The van der Waals surface area contributed by atoms with E-state index in [4.69, 9.17) is 5.11 Å². The van der Waals surface area contributed by atoms with Gasteiger partial charge in [-0.15, -0.1) is 0 Å². The molecule has 1 aromatic heterocycles. The summed E-state index contributed by atoms with van der Waals surface area (Å²) in [6.45, 7) is 0. The monoisotopic (exact) mass is 247 g/mol. The summed E-state index contributed by atoms with van der Waals surface area (Å²) >= 11 is 0. The fourth-order valence-electron chi connectivity index (χ4n) is 1.38. The van der Waals surface area contributed by atoms with E-state index in [1.165, 1.54) is 24.4 Å². The average molecular weight is 247 g/mol. The second-order valence-electron chi connectivity index (χ2n) is 3.50. The number of carboxylic acid groups (broad SMARTS) is 1. The molecule has 2 rings (SSSR count). The highest BCUT2D eigenvalue weighted by atomic mass is 16.4. The highest BCUT2D eigenvalue weighted by Gasteiger charge is 2.09. The third kappa shape index (κ3) is 2.46. The number of rotatable bonds is 3. The molecule has 0 radical (unpaired) electrons. The molecule has 0 spiro atoms. The van der Waals surface area contributed by atoms with Gasteiger partial charge in [-0.25, -0.2) is 9.59 Å². The third-order valence-electron chi connectivity index (χ3n) is 2.21. The Morgan fingerprint density at radius 2 is 2.06 bits per heavy atom. The maximum atomic E-state index is 11.7. The van der Waals surface area contributed by atoms with Crippen LogP contribution in [0.2, 0.25) is 0 Å². The number of aromatic nitrogens is 2. The minimum atomic E-state index is -1.08. The number of hydrogen-bond donors (Lipinski definition) is 4. The van der Waals surface area contributed by atoms with Gasteiger partial charge in [0.05, 0.1) is 5.56 Å². The van der Waals surface area contributed by atoms with Gasteiger partial charge in [0.1, 0.15) is 5.69 Å². The Balaban J connectivity index is 2.19. The van der Waals surface area contributed by atoms with Crippen molar-refractivity contribution in [1.82, 2.24) is 9.97 Å². The summed E-state index contributed by atoms with van der Waals surface area (Å²) in [4.78, 5) is 37.8. The lowest BCUT2D eigenvalue weighted by molar-refractivity contribution is 0.0696. The first-order chi connectivity index (χ1) is 8.56. The molecular formula is C11H9N3O4. The minimum absolute atomic E-state index is 0.0652. The number of hydrogen-bond acceptors (Lipinski definition) is 3. The first-order valence-corrected chi connectivity index (χ1v) is 4.98. The zero-order valence-electron chi connectivity index (χ0n) is 9.06. The van der Waals surface area contributed by atoms with E-state index in [0.29, 0.717) is 5.69 Å². The number of anilines is 1. The molecule has 0 saturated carbocycles. The van der Waals surface area contributed by atoms with Crippen molar-refractivity contribution < 1.29 is 14.7 Å². The van der Waals surface area contributed by atoms with E-state index in [0.717, 1.165) is 0 Å². The average Bonchev–Trinajstić information content (AvgIpc) is 2.76. The second-order valence-corrected chi connectivity index (χ2v) is 3.50. The Hall–Kier alpha value is -2.83. The molecule has 18 heavy (non-hydrogen) atoms. The number of carbonyl (C=O) groups excluding carboxylic acids is 1. The molecule has 1 amide bonds. The lowest BCUT2D eigenvalue weighted by Gasteiger charge is -2.04. The summed E-state index contributed by atoms with van der Waals surface area (Å²) in [5.41, 5.74) is -0.0162. The molecule has 0 fully saturated rings. The van der Waals surface area contributed by atoms with Crippen LogP contribution in [-0.4, -0.2) is 27.0 Å². The molecule has 0 aliphatic carbocycles. The summed E-state index contributed by atoms with van der Waals surface area (Å²) in [5, 5.41) is 11.3. The van der Waals surface area contributed by atoms with Crippen LogP contribution in [0.1, 0.15) is 20.8 Å². The third-order valence-corrected chi connectivity index (χ3v) is 2.21. The molecule has 0 atom stereocenters. The number of carbonyl (C=O) groups is 2. The molecular weight excluding hydrogens is 238 g/mol. The lowest BCUT2D eigenvalue weighted by Crippen LogP contribution is -2.14. The summed E-state index contributed by atoms with van der Waals surface area (Å²) in [7, 11) is 0. The van der Waals surface area contributed by atoms with Gasteiger partial charge in [0.2, 0.25) is 0 Å². The zero-order valence-corrected chi connectivity index (χ0v) is 9.06. The standard InChI is InChI=1S/C11H9N3O4/c15-9(8-5-12-11(18)14-8)13-7-3-1-2-6(4-7)10(16)17/h1-5H,(H,13,15)(H,16,17)(H2,12,14,18). The molecule has 92 valence electrons. The molecule has 1 heterocycles. The summed E-state index contributed by atoms with van der Waals surface area (Å²) in [5.74, 6) is -1.61. The molecule has 0 aliphatic rings. The Labute approximate surface area is 100 Å². The van der Waals surface area contributed by atoms with Gasteiger partial charge < -0.3 is 20.4 Å². The molecule has 7 heteroatoms. The zero-order chi connectivity index (χ0) is 13.1. The van der Waals surface area contributed by atoms with Crippen LogP contribution >= 0.6 is 0 Å². The Kier molecular flexibility index (Phi) is 2.96. The van der Waals surface area contributed by atoms with Crippen LogP contribution in [0, 0.1) is 0 Å². The number of aromatic carboxylic acids is 1. The second kappa shape index (κ2) is 4.58. The van der Waals surface area contributed by atoms with Crippen molar-refractivity contribution in [1.29, 1.82) is 0 Å². The Morgan fingerprint density at radius 3 is 2.67 bits per heavy atom. The van der Waals surface area contributed by atoms with E-state index in [1.807, 2.05) is 0 Å². The van der Waals surface area contributed by atoms with E-state index < -0.39 is 17.6 Å². The van der Waals surface area contributed by atoms with Crippen molar-refractivity contribution in [2.75, 3.05) is 5.32 Å². The van der Waals surface area contributed by atoms with Crippen molar-refractivity contribution in [3.05, 3.63) is 52.2 Å². The van der Waals surface area contributed by atoms with Crippen molar-refractivity contribution in [2.45, 2.75) is 0 Å². The van der Waals surface area contributed by atoms with Crippen LogP contribution in [0.4, 0.5) is 5.69 Å². The first kappa shape index (κ1) is 11.6. The quantitative estimate of drug-likeness (QED) is 0.637. The van der Waals surface area contributed by atoms with Crippen LogP contribution in [0.5, 0.6) is 0 Å². The van der Waals surface area contributed by atoms with E-state index in [9.17, 15) is 14.4 Å². The molecule has 4 N–H and O–H groups in total. The van der Waals surface area contributed by atoms with Gasteiger partial charge in [-0.1, -0.05) is 6.07 Å². The Bertz CT molecular complexity index is 656. The molecule has 0 saturated heterocycles. The van der Waals surface area contributed by atoms with Crippen molar-refractivity contribution in [2.24, 2.45) is 0 Å². The molecule has 2 aromatic rings. The molecule has 0 unspecified atom stereocenters. The number of nitrogens with one attached hydrogen (secondary N) is 3. The smallest absolute Gasteiger partial charge is 0.335 e. The van der Waals surface area contributed by atoms with Crippen LogP contribution < -0.4 is 11.0 Å². The fraction of sp³-hybridized carbons (Fsp3) is 0. The summed E-state index contributed by atoms with van der Waals surface area (Å²) in [6.07, 6.45) is 1.23. The number of carboxylic acids is 1. The largest absolute Gasteiger partial charge is 0.478 e. The van der Waals surface area contributed by atoms with Gasteiger partial charge in [-0.05, 0) is 18.2 Å². The van der Waals surface area contributed by atoms with E-state index in [1.54, 1.807) is 6.07 Å². The predicted octanol–water partition coefficient (Wildman–Crippen LogP) is 0.653. The van der Waals surface area contributed by atoms with Gasteiger partial charge >= 0.3 is 11.7 Å².